The average molecular weight is 411 g/mol. The summed E-state index contributed by atoms with van der Waals surface area (Å²) in [6.45, 7) is 3.93. The molecule has 2 aromatic rings. The van der Waals surface area contributed by atoms with Crippen molar-refractivity contribution in [3.63, 3.8) is 0 Å². The molecule has 2 amide bonds. The molecule has 158 valence electrons. The highest BCUT2D eigenvalue weighted by Gasteiger charge is 2.59. The van der Waals surface area contributed by atoms with E-state index in [0.29, 0.717) is 23.0 Å². The van der Waals surface area contributed by atoms with Gasteiger partial charge in [-0.2, -0.15) is 5.10 Å². The van der Waals surface area contributed by atoms with Gasteiger partial charge < -0.3 is 14.5 Å². The fourth-order valence-electron chi connectivity index (χ4n) is 4.36. The number of benzene rings is 1. The van der Waals surface area contributed by atoms with Crippen molar-refractivity contribution in [1.82, 2.24) is 24.6 Å². The molecule has 0 unspecified atom stereocenters. The van der Waals surface area contributed by atoms with E-state index in [-0.39, 0.29) is 43.8 Å². The molecule has 2 aliphatic rings. The third kappa shape index (κ3) is 3.14. The summed E-state index contributed by atoms with van der Waals surface area (Å²) in [4.78, 5) is 46.9. The van der Waals surface area contributed by atoms with E-state index in [1.165, 1.54) is 4.90 Å². The number of carbonyl (C=O) groups excluding carboxylic acids is 3. The highest BCUT2D eigenvalue weighted by atomic mass is 16.5. The molecule has 0 radical (unpaired) electrons. The van der Waals surface area contributed by atoms with E-state index in [4.69, 9.17) is 4.74 Å². The number of ketones is 1. The highest BCUT2D eigenvalue weighted by Crippen LogP contribution is 2.45. The molecule has 0 N–H and O–H groups in total. The van der Waals surface area contributed by atoms with Gasteiger partial charge in [0.15, 0.2) is 5.78 Å². The lowest BCUT2D eigenvalue weighted by Gasteiger charge is -2.37. The molecular formula is C21H25N5O4. The van der Waals surface area contributed by atoms with E-state index in [9.17, 15) is 14.4 Å². The molecule has 0 bridgehead atoms. The standard InChI is InChI=1S/C21H25N5O4/c1-13-22-14(2)26(23-13)10-18(27)25-9-16(20(29)24(3)4)21(11-25)12-30-17-8-6-5-7-15(17)19(21)28/h5-8,16H,9-12H2,1-4H3/t16-,21-/m1/s1. The Kier molecular flexibility index (Phi) is 4.83. The van der Waals surface area contributed by atoms with E-state index in [1.54, 1.807) is 61.8 Å². The molecule has 1 spiro atoms. The largest absolute Gasteiger partial charge is 0.492 e. The SMILES string of the molecule is Cc1nc(C)n(CC(=O)N2C[C@H](C(=O)N(C)C)[C@]3(COc4ccccc4C3=O)C2)n1. The number of ether oxygens (including phenoxy) is 1. The summed E-state index contributed by atoms with van der Waals surface area (Å²) >= 11 is 0. The molecule has 1 aromatic heterocycles. The van der Waals surface area contributed by atoms with E-state index >= 15 is 0 Å². The lowest BCUT2D eigenvalue weighted by Crippen LogP contribution is -2.51. The van der Waals surface area contributed by atoms with E-state index in [0.717, 1.165) is 0 Å². The van der Waals surface area contributed by atoms with Crippen molar-refractivity contribution in [2.45, 2.75) is 20.4 Å². The number of para-hydroxylation sites is 1. The van der Waals surface area contributed by atoms with Gasteiger partial charge in [-0.25, -0.2) is 9.67 Å². The Morgan fingerprint density at radius 3 is 2.67 bits per heavy atom. The quantitative estimate of drug-likeness (QED) is 0.738. The Hall–Kier alpha value is -3.23. The Labute approximate surface area is 174 Å². The first-order chi connectivity index (χ1) is 14.2. The van der Waals surface area contributed by atoms with Gasteiger partial charge in [0.05, 0.1) is 16.9 Å². The maximum absolute atomic E-state index is 13.5. The molecule has 4 rings (SSSR count). The number of aromatic nitrogens is 3. The van der Waals surface area contributed by atoms with Crippen LogP contribution in [-0.4, -0.2) is 76.0 Å². The minimum Gasteiger partial charge on any atom is -0.492 e. The zero-order chi connectivity index (χ0) is 21.6. The van der Waals surface area contributed by atoms with Gasteiger partial charge in [0.2, 0.25) is 11.8 Å². The van der Waals surface area contributed by atoms with Crippen molar-refractivity contribution in [2.75, 3.05) is 33.8 Å². The van der Waals surface area contributed by atoms with Crippen LogP contribution >= 0.6 is 0 Å². The molecule has 3 heterocycles. The molecule has 9 nitrogen and oxygen atoms in total. The van der Waals surface area contributed by atoms with Gasteiger partial charge >= 0.3 is 0 Å². The maximum Gasteiger partial charge on any atom is 0.244 e. The number of carbonyl (C=O) groups is 3. The summed E-state index contributed by atoms with van der Waals surface area (Å²) in [6, 6.07) is 7.04. The normalized spacial score (nSPS) is 22.7. The van der Waals surface area contributed by atoms with Crippen LogP contribution in [0.15, 0.2) is 24.3 Å². The third-order valence-electron chi connectivity index (χ3n) is 5.95. The third-order valence-corrected chi connectivity index (χ3v) is 5.95. The Balaban J connectivity index is 1.66. The van der Waals surface area contributed by atoms with Crippen molar-refractivity contribution in [3.05, 3.63) is 41.5 Å². The average Bonchev–Trinajstić information content (AvgIpc) is 3.25. The molecule has 30 heavy (non-hydrogen) atoms. The number of amides is 2. The Morgan fingerprint density at radius 1 is 1.27 bits per heavy atom. The number of rotatable bonds is 3. The Morgan fingerprint density at radius 2 is 2.00 bits per heavy atom. The second-order valence-electron chi connectivity index (χ2n) is 8.19. The van der Waals surface area contributed by atoms with Gasteiger partial charge in [0.25, 0.3) is 0 Å². The van der Waals surface area contributed by atoms with Crippen LogP contribution in [0.5, 0.6) is 5.75 Å². The minimum absolute atomic E-state index is 0.0112. The molecule has 2 atom stereocenters. The smallest absolute Gasteiger partial charge is 0.244 e. The summed E-state index contributed by atoms with van der Waals surface area (Å²) < 4.78 is 7.45. The van der Waals surface area contributed by atoms with E-state index < -0.39 is 11.3 Å². The zero-order valence-corrected chi connectivity index (χ0v) is 17.6. The van der Waals surface area contributed by atoms with Crippen LogP contribution in [0.1, 0.15) is 22.0 Å². The van der Waals surface area contributed by atoms with Crippen molar-refractivity contribution < 1.29 is 19.1 Å². The summed E-state index contributed by atoms with van der Waals surface area (Å²) in [5, 5.41) is 4.24. The number of likely N-dealkylation sites (tertiary alicyclic amines) is 1. The minimum atomic E-state index is -1.10. The first kappa shape index (κ1) is 20.1. The highest BCUT2D eigenvalue weighted by molar-refractivity contribution is 6.07. The van der Waals surface area contributed by atoms with Crippen molar-refractivity contribution in [3.8, 4) is 5.75 Å². The van der Waals surface area contributed by atoms with Crippen LogP contribution in [-0.2, 0) is 16.1 Å². The van der Waals surface area contributed by atoms with Crippen LogP contribution in [0.3, 0.4) is 0 Å². The predicted octanol–water partition coefficient (Wildman–Crippen LogP) is 0.703. The number of hydrogen-bond donors (Lipinski definition) is 0. The summed E-state index contributed by atoms with van der Waals surface area (Å²) in [5.74, 6) is 0.539. The van der Waals surface area contributed by atoms with Crippen molar-refractivity contribution in [1.29, 1.82) is 0 Å². The molecule has 0 aliphatic carbocycles. The number of nitrogens with zero attached hydrogens (tertiary/aromatic N) is 5. The van der Waals surface area contributed by atoms with Crippen LogP contribution in [0.2, 0.25) is 0 Å². The van der Waals surface area contributed by atoms with Crippen LogP contribution < -0.4 is 4.74 Å². The first-order valence-corrected chi connectivity index (χ1v) is 9.86. The predicted molar refractivity (Wildman–Crippen MR) is 107 cm³/mol. The molecular weight excluding hydrogens is 386 g/mol. The number of hydrogen-bond acceptors (Lipinski definition) is 6. The van der Waals surface area contributed by atoms with Crippen molar-refractivity contribution >= 4 is 17.6 Å². The van der Waals surface area contributed by atoms with E-state index in [2.05, 4.69) is 10.1 Å². The summed E-state index contributed by atoms with van der Waals surface area (Å²) in [6.07, 6.45) is 0. The van der Waals surface area contributed by atoms with Crippen LogP contribution in [0, 0.1) is 25.2 Å². The lowest BCUT2D eigenvalue weighted by atomic mass is 9.71. The van der Waals surface area contributed by atoms with Gasteiger partial charge in [0.1, 0.15) is 30.5 Å². The maximum atomic E-state index is 13.5. The molecule has 1 fully saturated rings. The summed E-state index contributed by atoms with van der Waals surface area (Å²) in [7, 11) is 3.31. The molecule has 2 aliphatic heterocycles. The second kappa shape index (κ2) is 7.23. The topological polar surface area (TPSA) is 97.6 Å². The first-order valence-electron chi connectivity index (χ1n) is 9.86. The molecule has 1 saturated heterocycles. The van der Waals surface area contributed by atoms with Crippen molar-refractivity contribution in [2.24, 2.45) is 11.3 Å². The lowest BCUT2D eigenvalue weighted by molar-refractivity contribution is -0.135. The van der Waals surface area contributed by atoms with E-state index in [1.807, 2.05) is 0 Å². The fourth-order valence-corrected chi connectivity index (χ4v) is 4.36. The number of fused-ring (bicyclic) bond motifs is 1. The molecule has 0 saturated carbocycles. The van der Waals surface area contributed by atoms with Crippen LogP contribution in [0.4, 0.5) is 0 Å². The second-order valence-corrected chi connectivity index (χ2v) is 8.19. The van der Waals surface area contributed by atoms with Gasteiger partial charge in [-0.05, 0) is 26.0 Å². The monoisotopic (exact) mass is 411 g/mol. The fraction of sp³-hybridized carbons (Fsp3) is 0.476. The zero-order valence-electron chi connectivity index (χ0n) is 17.6. The van der Waals surface area contributed by atoms with Gasteiger partial charge in [0, 0.05) is 27.2 Å². The van der Waals surface area contributed by atoms with Gasteiger partial charge in [-0.3, -0.25) is 14.4 Å². The summed E-state index contributed by atoms with van der Waals surface area (Å²) in [5.41, 5.74) is -0.643. The van der Waals surface area contributed by atoms with Gasteiger partial charge in [-0.1, -0.05) is 12.1 Å². The molecule has 1 aromatic carbocycles. The number of aryl methyl sites for hydroxylation is 2. The van der Waals surface area contributed by atoms with Gasteiger partial charge in [-0.15, -0.1) is 0 Å². The van der Waals surface area contributed by atoms with Crippen LogP contribution in [0.25, 0.3) is 0 Å². The Bertz CT molecular complexity index is 1030. The number of Topliss-reactive ketones (excluding diaryl/α,β-unsaturated/α-hetero) is 1. The molecule has 9 heteroatoms.